The van der Waals surface area contributed by atoms with E-state index < -0.39 is 11.9 Å². The number of carboxylic acids is 1. The third-order valence-electron chi connectivity index (χ3n) is 10.0. The van der Waals surface area contributed by atoms with Gasteiger partial charge < -0.3 is 30.9 Å². The van der Waals surface area contributed by atoms with E-state index in [1.807, 2.05) is 13.8 Å². The first-order valence-electron chi connectivity index (χ1n) is 15.3. The maximum Gasteiger partial charge on any atom is 0.353 e. The minimum Gasteiger partial charge on any atom is -0.477 e. The lowest BCUT2D eigenvalue weighted by atomic mass is 9.73. The van der Waals surface area contributed by atoms with Crippen molar-refractivity contribution in [2.75, 3.05) is 39.3 Å². The molecular formula is C28H41N9O5S. The lowest BCUT2D eigenvalue weighted by molar-refractivity contribution is -0.160. The van der Waals surface area contributed by atoms with Crippen LogP contribution in [0.3, 0.4) is 0 Å². The predicted molar refractivity (Wildman–Crippen MR) is 156 cm³/mol. The summed E-state index contributed by atoms with van der Waals surface area (Å²) in [6.07, 6.45) is 4.15. The van der Waals surface area contributed by atoms with Gasteiger partial charge in [0.05, 0.1) is 18.0 Å². The largest absolute Gasteiger partial charge is 0.477 e. The molecule has 14 nitrogen and oxygen atoms in total. The number of carbonyl (C=O) groups excluding carboxylic acids is 3. The standard InChI is InChI=1S/C28H41N9O5S/c1-15(9-18(38)13-35-14-31-32-33-35)22-23-16(2)25(24(28(41)42)37(23)27(22)40)43-19-10-20(30-11-19)26(39)36-7-3-17-12-34(8-5-29)6-4-21(17)36/h14-17,19-23,30H,3-13,29H2,1-2H3,(H,41,42)/t15-,16+,17?,19-,20-,21?,22+,23+/m0/s1. The van der Waals surface area contributed by atoms with Gasteiger partial charge in [0.2, 0.25) is 11.8 Å². The Morgan fingerprint density at radius 3 is 2.79 bits per heavy atom. The van der Waals surface area contributed by atoms with Crippen LogP contribution in [0.15, 0.2) is 16.9 Å². The third kappa shape index (κ3) is 5.60. The van der Waals surface area contributed by atoms with Crippen molar-refractivity contribution in [3.63, 3.8) is 0 Å². The number of β-lactam (4-membered cyclic amide) rings is 1. The molecule has 4 fully saturated rings. The van der Waals surface area contributed by atoms with Crippen molar-refractivity contribution in [2.45, 2.75) is 69.5 Å². The molecule has 4 saturated heterocycles. The van der Waals surface area contributed by atoms with Gasteiger partial charge in [-0.1, -0.05) is 13.8 Å². The number of carboxylic acid groups (broad SMARTS) is 1. The number of aromatic nitrogens is 4. The summed E-state index contributed by atoms with van der Waals surface area (Å²) in [5.41, 5.74) is 5.81. The zero-order chi connectivity index (χ0) is 30.4. The highest BCUT2D eigenvalue weighted by molar-refractivity contribution is 8.03. The van der Waals surface area contributed by atoms with Gasteiger partial charge in [0.15, 0.2) is 5.78 Å². The molecular weight excluding hydrogens is 574 g/mol. The second kappa shape index (κ2) is 12.3. The van der Waals surface area contributed by atoms with Crippen molar-refractivity contribution >= 4 is 35.3 Å². The van der Waals surface area contributed by atoms with Crippen LogP contribution in [-0.2, 0) is 25.7 Å². The van der Waals surface area contributed by atoms with E-state index >= 15 is 0 Å². The molecule has 0 radical (unpaired) electrons. The number of hydrogen-bond acceptors (Lipinski definition) is 11. The number of aliphatic carboxylic acids is 1. The smallest absolute Gasteiger partial charge is 0.353 e. The van der Waals surface area contributed by atoms with E-state index in [2.05, 4.69) is 30.6 Å². The monoisotopic (exact) mass is 615 g/mol. The summed E-state index contributed by atoms with van der Waals surface area (Å²) in [5, 5.41) is 24.4. The molecule has 6 heterocycles. The van der Waals surface area contributed by atoms with Crippen molar-refractivity contribution in [1.82, 2.24) is 40.2 Å². The molecule has 234 valence electrons. The summed E-state index contributed by atoms with van der Waals surface area (Å²) in [6, 6.07) is -0.309. The second-order valence-electron chi connectivity index (χ2n) is 12.7. The van der Waals surface area contributed by atoms with Crippen LogP contribution >= 0.6 is 11.8 Å². The highest BCUT2D eigenvalue weighted by Crippen LogP contribution is 2.53. The maximum atomic E-state index is 13.6. The van der Waals surface area contributed by atoms with Gasteiger partial charge in [-0.25, -0.2) is 9.48 Å². The first kappa shape index (κ1) is 30.2. The van der Waals surface area contributed by atoms with Crippen LogP contribution < -0.4 is 11.1 Å². The Bertz CT molecular complexity index is 1290. The van der Waals surface area contributed by atoms with Crippen molar-refractivity contribution in [3.05, 3.63) is 16.9 Å². The molecule has 5 aliphatic rings. The molecule has 2 unspecified atom stereocenters. The van der Waals surface area contributed by atoms with Crippen LogP contribution in [0.1, 0.15) is 39.5 Å². The number of Topliss-reactive ketones (excluding diaryl/α,β-unsaturated/α-hetero) is 1. The Hall–Kier alpha value is -2.88. The van der Waals surface area contributed by atoms with E-state index in [1.54, 1.807) is 0 Å². The number of piperidine rings is 1. The topological polar surface area (TPSA) is 180 Å². The van der Waals surface area contributed by atoms with E-state index in [0.717, 1.165) is 39.0 Å². The number of ketones is 1. The molecule has 1 aromatic rings. The van der Waals surface area contributed by atoms with E-state index in [0.29, 0.717) is 30.3 Å². The minimum absolute atomic E-state index is 0.0214. The zero-order valence-corrected chi connectivity index (χ0v) is 25.5. The summed E-state index contributed by atoms with van der Waals surface area (Å²) in [5.74, 6) is -1.67. The Morgan fingerprint density at radius 1 is 1.26 bits per heavy atom. The number of nitrogens with zero attached hydrogens (tertiary/aromatic N) is 7. The number of amides is 2. The molecule has 0 aromatic carbocycles. The van der Waals surface area contributed by atoms with Crippen LogP contribution in [0.5, 0.6) is 0 Å². The normalized spacial score (nSPS) is 33.0. The maximum absolute atomic E-state index is 13.6. The van der Waals surface area contributed by atoms with Crippen molar-refractivity contribution in [1.29, 1.82) is 0 Å². The lowest BCUT2D eigenvalue weighted by Crippen LogP contribution is -2.62. The van der Waals surface area contributed by atoms with Gasteiger partial charge in [-0.05, 0) is 41.5 Å². The van der Waals surface area contributed by atoms with Crippen molar-refractivity contribution < 1.29 is 24.3 Å². The number of likely N-dealkylation sites (tertiary alicyclic amines) is 2. The number of nitrogens with two attached hydrogens (primary N) is 1. The molecule has 8 atom stereocenters. The predicted octanol–water partition coefficient (Wildman–Crippen LogP) is -0.613. The van der Waals surface area contributed by atoms with E-state index in [-0.39, 0.29) is 71.5 Å². The number of thioether (sulfide) groups is 1. The van der Waals surface area contributed by atoms with Crippen LogP contribution in [0, 0.1) is 23.7 Å². The van der Waals surface area contributed by atoms with Gasteiger partial charge >= 0.3 is 5.97 Å². The molecule has 1 aromatic heterocycles. The Morgan fingerprint density at radius 2 is 2.07 bits per heavy atom. The third-order valence-corrected chi connectivity index (χ3v) is 11.5. The van der Waals surface area contributed by atoms with Gasteiger partial charge in [-0.15, -0.1) is 16.9 Å². The van der Waals surface area contributed by atoms with Gasteiger partial charge in [0.25, 0.3) is 0 Å². The van der Waals surface area contributed by atoms with Crippen molar-refractivity contribution in [2.24, 2.45) is 29.4 Å². The zero-order valence-electron chi connectivity index (χ0n) is 24.7. The number of rotatable bonds is 11. The quantitative estimate of drug-likeness (QED) is 0.269. The van der Waals surface area contributed by atoms with E-state index in [1.165, 1.54) is 27.7 Å². The number of tetrazole rings is 1. The van der Waals surface area contributed by atoms with Crippen LogP contribution in [0.4, 0.5) is 0 Å². The van der Waals surface area contributed by atoms with E-state index in [9.17, 15) is 24.3 Å². The summed E-state index contributed by atoms with van der Waals surface area (Å²) < 4.78 is 1.35. The SMILES string of the molecule is C[C@@H](CC(=O)Cn1cnnn1)[C@H]1C(=O)N2C(C(=O)O)=C(S[C@@H]3CN[C@H](C(=O)N4CCC5CN(CCN)CCC54)C3)[C@H](C)[C@H]12. The van der Waals surface area contributed by atoms with Crippen LogP contribution in [0.25, 0.3) is 0 Å². The Kier molecular flexibility index (Phi) is 8.59. The molecule has 2 amide bonds. The molecule has 6 rings (SSSR count). The minimum atomic E-state index is -1.12. The molecule has 0 bridgehead atoms. The Balaban J connectivity index is 1.07. The van der Waals surface area contributed by atoms with Gasteiger partial charge in [0, 0.05) is 67.8 Å². The summed E-state index contributed by atoms with van der Waals surface area (Å²) in [6.45, 7) is 8.76. The summed E-state index contributed by atoms with van der Waals surface area (Å²) >= 11 is 1.49. The van der Waals surface area contributed by atoms with Gasteiger partial charge in [-0.3, -0.25) is 14.4 Å². The number of nitrogens with one attached hydrogen (secondary N) is 1. The number of fused-ring (bicyclic) bond motifs is 2. The molecule has 43 heavy (non-hydrogen) atoms. The molecule has 0 spiro atoms. The molecule has 15 heteroatoms. The van der Waals surface area contributed by atoms with Crippen molar-refractivity contribution in [3.8, 4) is 0 Å². The fraction of sp³-hybridized carbons (Fsp3) is 0.750. The molecule has 4 N–H and O–H groups in total. The summed E-state index contributed by atoms with van der Waals surface area (Å²) in [7, 11) is 0. The van der Waals surface area contributed by atoms with Crippen LogP contribution in [0.2, 0.25) is 0 Å². The number of hydrogen-bond donors (Lipinski definition) is 3. The van der Waals surface area contributed by atoms with Gasteiger partial charge in [-0.2, -0.15) is 0 Å². The molecule has 5 aliphatic heterocycles. The lowest BCUT2D eigenvalue weighted by Gasteiger charge is -2.47. The number of carbonyl (C=O) groups is 4. The average molecular weight is 616 g/mol. The molecule has 0 aliphatic carbocycles. The van der Waals surface area contributed by atoms with E-state index in [4.69, 9.17) is 5.73 Å². The summed E-state index contributed by atoms with van der Waals surface area (Å²) in [4.78, 5) is 58.5. The highest BCUT2D eigenvalue weighted by atomic mass is 32.2. The first-order valence-corrected chi connectivity index (χ1v) is 16.2. The average Bonchev–Trinajstić information content (AvgIpc) is 3.76. The highest BCUT2D eigenvalue weighted by Gasteiger charge is 2.60. The van der Waals surface area contributed by atoms with Crippen LogP contribution in [-0.4, -0.2) is 126 Å². The fourth-order valence-corrected chi connectivity index (χ4v) is 9.51. The molecule has 0 saturated carbocycles. The fourth-order valence-electron chi connectivity index (χ4n) is 8.03. The van der Waals surface area contributed by atoms with Gasteiger partial charge in [0.1, 0.15) is 18.6 Å². The second-order valence-corrected chi connectivity index (χ2v) is 14.1. The first-order chi connectivity index (χ1) is 20.7. The Labute approximate surface area is 254 Å².